The number of hydrogen-bond acceptors (Lipinski definition) is 3. The molecule has 28 heavy (non-hydrogen) atoms. The molecule has 1 fully saturated rings. The Bertz CT molecular complexity index is 994. The van der Waals surface area contributed by atoms with E-state index < -0.39 is 0 Å². The molecule has 0 N–H and O–H groups in total. The highest BCUT2D eigenvalue weighted by Crippen LogP contribution is 2.24. The van der Waals surface area contributed by atoms with Gasteiger partial charge in [-0.05, 0) is 37.3 Å². The second kappa shape index (κ2) is 7.97. The molecule has 1 aromatic heterocycles. The Labute approximate surface area is 177 Å². The summed E-state index contributed by atoms with van der Waals surface area (Å²) in [4.78, 5) is 21.5. The van der Waals surface area contributed by atoms with Crippen LogP contribution in [0.15, 0.2) is 59.3 Å². The molecule has 0 spiro atoms. The van der Waals surface area contributed by atoms with Gasteiger partial charge in [-0.15, -0.1) is 0 Å². The quantitative estimate of drug-likeness (QED) is 0.576. The Morgan fingerprint density at radius 2 is 1.79 bits per heavy atom. The van der Waals surface area contributed by atoms with E-state index in [1.165, 1.54) is 5.56 Å². The van der Waals surface area contributed by atoms with Crippen molar-refractivity contribution >= 4 is 39.4 Å². The number of amides is 1. The molecule has 5 nitrogen and oxygen atoms in total. The average molecular weight is 460 g/mol. The number of benzene rings is 2. The normalized spacial score (nSPS) is 14.4. The fraction of sp³-hybridized carbons (Fsp3) is 0.238. The molecule has 144 valence electrons. The molecule has 1 aliphatic rings. The van der Waals surface area contributed by atoms with Crippen LogP contribution in [0, 0.1) is 6.92 Å². The third-order valence-electron chi connectivity index (χ3n) is 4.94. The number of aromatic nitrogens is 2. The molecule has 3 aromatic rings. The maximum atomic E-state index is 12.9. The standard InChI is InChI=1S/C21H20BrClN4O/c1-15-2-5-17(6-3-15)27-9-8-24-21(27)26-12-10-25(11-13-26)20(28)18-14-16(22)4-7-19(18)23/h2-9,14H,10-13H2,1H3. The van der Waals surface area contributed by atoms with Gasteiger partial charge in [0.1, 0.15) is 0 Å². The van der Waals surface area contributed by atoms with Gasteiger partial charge in [-0.3, -0.25) is 9.36 Å². The summed E-state index contributed by atoms with van der Waals surface area (Å²) in [5.74, 6) is 0.865. The molecule has 1 saturated heterocycles. The van der Waals surface area contributed by atoms with Crippen molar-refractivity contribution in [1.29, 1.82) is 0 Å². The van der Waals surface area contributed by atoms with Gasteiger partial charge in [0.15, 0.2) is 0 Å². The molecule has 0 saturated carbocycles. The van der Waals surface area contributed by atoms with Crippen LogP contribution in [0.25, 0.3) is 5.69 Å². The van der Waals surface area contributed by atoms with Crippen molar-refractivity contribution in [2.24, 2.45) is 0 Å². The summed E-state index contributed by atoms with van der Waals surface area (Å²) >= 11 is 9.64. The van der Waals surface area contributed by atoms with Crippen LogP contribution in [-0.4, -0.2) is 46.5 Å². The van der Waals surface area contributed by atoms with Crippen LogP contribution >= 0.6 is 27.5 Å². The Hall–Kier alpha value is -2.31. The number of carbonyl (C=O) groups is 1. The predicted molar refractivity (Wildman–Crippen MR) is 116 cm³/mol. The van der Waals surface area contributed by atoms with Crippen LogP contribution in [0.3, 0.4) is 0 Å². The summed E-state index contributed by atoms with van der Waals surface area (Å²) in [6, 6.07) is 13.7. The number of halogens is 2. The fourth-order valence-corrected chi connectivity index (χ4v) is 3.94. The first-order valence-corrected chi connectivity index (χ1v) is 10.3. The Morgan fingerprint density at radius 3 is 2.50 bits per heavy atom. The maximum Gasteiger partial charge on any atom is 0.255 e. The number of carbonyl (C=O) groups excluding carboxylic acids is 1. The number of imidazole rings is 1. The van der Waals surface area contributed by atoms with Crippen molar-refractivity contribution in [3.63, 3.8) is 0 Å². The van der Waals surface area contributed by atoms with Crippen LogP contribution in [-0.2, 0) is 0 Å². The fourth-order valence-electron chi connectivity index (χ4n) is 3.38. The van der Waals surface area contributed by atoms with E-state index in [1.807, 2.05) is 23.4 Å². The minimum absolute atomic E-state index is 0.0344. The summed E-state index contributed by atoms with van der Waals surface area (Å²) in [5, 5.41) is 0.477. The molecular weight excluding hydrogens is 440 g/mol. The van der Waals surface area contributed by atoms with E-state index in [2.05, 4.69) is 61.6 Å². The van der Waals surface area contributed by atoms with Gasteiger partial charge in [0.25, 0.3) is 5.91 Å². The first-order chi connectivity index (χ1) is 13.5. The van der Waals surface area contributed by atoms with Gasteiger partial charge in [0, 0.05) is 48.7 Å². The second-order valence-electron chi connectivity index (χ2n) is 6.84. The number of piperazine rings is 1. The molecule has 4 rings (SSSR count). The van der Waals surface area contributed by atoms with Crippen molar-refractivity contribution in [1.82, 2.24) is 14.5 Å². The van der Waals surface area contributed by atoms with E-state index in [9.17, 15) is 4.79 Å². The van der Waals surface area contributed by atoms with Crippen LogP contribution in [0.4, 0.5) is 5.95 Å². The van der Waals surface area contributed by atoms with Gasteiger partial charge in [0.2, 0.25) is 5.95 Å². The van der Waals surface area contributed by atoms with Crippen molar-refractivity contribution in [3.05, 3.63) is 75.5 Å². The maximum absolute atomic E-state index is 12.9. The largest absolute Gasteiger partial charge is 0.338 e. The number of aryl methyl sites for hydroxylation is 1. The van der Waals surface area contributed by atoms with Crippen molar-refractivity contribution in [2.45, 2.75) is 6.92 Å². The molecule has 2 aromatic carbocycles. The number of hydrogen-bond donors (Lipinski definition) is 0. The molecule has 0 aliphatic carbocycles. The lowest BCUT2D eigenvalue weighted by Gasteiger charge is -2.35. The SMILES string of the molecule is Cc1ccc(-n2ccnc2N2CCN(C(=O)c3cc(Br)ccc3Cl)CC2)cc1. The Kier molecular flexibility index (Phi) is 5.42. The van der Waals surface area contributed by atoms with Gasteiger partial charge in [-0.2, -0.15) is 0 Å². The molecular formula is C21H20BrClN4O. The zero-order valence-corrected chi connectivity index (χ0v) is 17.8. The molecule has 7 heteroatoms. The van der Waals surface area contributed by atoms with E-state index in [0.717, 1.165) is 29.2 Å². The highest BCUT2D eigenvalue weighted by Gasteiger charge is 2.25. The van der Waals surface area contributed by atoms with Gasteiger partial charge < -0.3 is 9.80 Å². The highest BCUT2D eigenvalue weighted by atomic mass is 79.9. The molecule has 1 amide bonds. The lowest BCUT2D eigenvalue weighted by Crippen LogP contribution is -2.49. The zero-order chi connectivity index (χ0) is 19.7. The molecule has 2 heterocycles. The van der Waals surface area contributed by atoms with E-state index in [-0.39, 0.29) is 5.91 Å². The second-order valence-corrected chi connectivity index (χ2v) is 8.16. The molecule has 1 aliphatic heterocycles. The third kappa shape index (κ3) is 3.80. The zero-order valence-electron chi connectivity index (χ0n) is 15.5. The lowest BCUT2D eigenvalue weighted by molar-refractivity contribution is 0.0746. The van der Waals surface area contributed by atoms with Gasteiger partial charge >= 0.3 is 0 Å². The monoisotopic (exact) mass is 458 g/mol. The smallest absolute Gasteiger partial charge is 0.255 e. The van der Waals surface area contributed by atoms with E-state index >= 15 is 0 Å². The van der Waals surface area contributed by atoms with Crippen LogP contribution in [0.5, 0.6) is 0 Å². The van der Waals surface area contributed by atoms with E-state index in [4.69, 9.17) is 11.6 Å². The molecule has 0 bridgehead atoms. The van der Waals surface area contributed by atoms with Crippen molar-refractivity contribution in [2.75, 3.05) is 31.1 Å². The number of nitrogens with zero attached hydrogens (tertiary/aromatic N) is 4. The van der Waals surface area contributed by atoms with E-state index in [0.29, 0.717) is 23.7 Å². The minimum Gasteiger partial charge on any atom is -0.338 e. The lowest BCUT2D eigenvalue weighted by atomic mass is 10.2. The molecule has 0 unspecified atom stereocenters. The van der Waals surface area contributed by atoms with Gasteiger partial charge in [-0.25, -0.2) is 4.98 Å². The van der Waals surface area contributed by atoms with Crippen molar-refractivity contribution < 1.29 is 4.79 Å². The minimum atomic E-state index is -0.0344. The summed E-state index contributed by atoms with van der Waals surface area (Å²) in [6.07, 6.45) is 3.78. The van der Waals surface area contributed by atoms with Crippen LogP contribution in [0.1, 0.15) is 15.9 Å². The number of anilines is 1. The predicted octanol–water partition coefficient (Wildman–Crippen LogP) is 4.56. The van der Waals surface area contributed by atoms with Gasteiger partial charge in [0.05, 0.1) is 10.6 Å². The summed E-state index contributed by atoms with van der Waals surface area (Å²) < 4.78 is 2.93. The highest BCUT2D eigenvalue weighted by molar-refractivity contribution is 9.10. The van der Waals surface area contributed by atoms with Crippen molar-refractivity contribution in [3.8, 4) is 5.69 Å². The molecule has 0 atom stereocenters. The van der Waals surface area contributed by atoms with Gasteiger partial charge in [-0.1, -0.05) is 45.2 Å². The third-order valence-corrected chi connectivity index (χ3v) is 5.76. The molecule has 0 radical (unpaired) electrons. The number of rotatable bonds is 3. The van der Waals surface area contributed by atoms with Crippen LogP contribution in [0.2, 0.25) is 5.02 Å². The first-order valence-electron chi connectivity index (χ1n) is 9.12. The van der Waals surface area contributed by atoms with E-state index in [1.54, 1.807) is 12.1 Å². The summed E-state index contributed by atoms with van der Waals surface area (Å²) in [7, 11) is 0. The summed E-state index contributed by atoms with van der Waals surface area (Å²) in [6.45, 7) is 4.78. The van der Waals surface area contributed by atoms with Crippen LogP contribution < -0.4 is 4.90 Å². The first kappa shape index (κ1) is 19.0. The topological polar surface area (TPSA) is 41.4 Å². The average Bonchev–Trinajstić information content (AvgIpc) is 3.20. The summed E-state index contributed by atoms with van der Waals surface area (Å²) in [5.41, 5.74) is 2.84. The Morgan fingerprint density at radius 1 is 1.07 bits per heavy atom. The Balaban J connectivity index is 1.48.